The first-order valence-corrected chi connectivity index (χ1v) is 31.8. The van der Waals surface area contributed by atoms with Crippen molar-refractivity contribution in [1.29, 1.82) is 0 Å². The first-order valence-electron chi connectivity index (χ1n) is 28.9. The van der Waals surface area contributed by atoms with E-state index >= 15 is 0 Å². The maximum atomic E-state index is 14.7. The van der Waals surface area contributed by atoms with E-state index in [0.29, 0.717) is 10.9 Å². The van der Waals surface area contributed by atoms with Crippen molar-refractivity contribution >= 4 is 31.0 Å². The summed E-state index contributed by atoms with van der Waals surface area (Å²) in [6, 6.07) is 13.2. The lowest BCUT2D eigenvalue weighted by atomic mass is 9.94. The van der Waals surface area contributed by atoms with E-state index in [0.717, 1.165) is 6.07 Å². The Balaban J connectivity index is 1.05. The lowest BCUT2D eigenvalue weighted by Gasteiger charge is -2.51. The number of ether oxygens (including phenoxy) is 12. The minimum atomic E-state index is -5.21. The van der Waals surface area contributed by atoms with Gasteiger partial charge in [0.2, 0.25) is 0 Å². The molecular weight excluding hydrogens is 1270 g/mol. The maximum absolute atomic E-state index is 14.7. The standard InChI is InChI=1S/C55H76O34S2/c1-19-11-20(2)49(21(3)12-19)91(74,75)76-18-29-47-41(71)48(89-90(72,73)30-10-6-8-22-7-4-5-9-23(22)30)55(82-29)88-46-28(17-60)81-53(40(70)35(46)65)86-44-26(15-58)79-51(38(68)33(44)63)84-42-24(13-56)77-50(36(66)31(42)61)83-43-25(14-57)78-52(37(67)32(43)62)85-45-27(16-59)80-54(87-47)39(69)34(45)64/h4-12,24-29,31-48,50-71H,13-18H2,1-3H3/t24-,25-,26-,27-,28-,29-,31-,32-,33-,34-,35-,36-,37-,38-,39-,40-,41+,42-,43-,44-,45-,46-,47-,48-,50-,51-,52-,53-,54-,55-/m1/s1. The van der Waals surface area contributed by atoms with Crippen molar-refractivity contribution < 1.29 is 164 Å². The summed E-state index contributed by atoms with van der Waals surface area (Å²) in [6.07, 6.45) is -64.4. The smallest absolute Gasteiger partial charge is 0.298 e. The fourth-order valence-electron chi connectivity index (χ4n) is 12.4. The number of aliphatic hydroxyl groups excluding tert-OH is 16. The van der Waals surface area contributed by atoms with Crippen LogP contribution < -0.4 is 0 Å². The van der Waals surface area contributed by atoms with E-state index in [1.807, 2.05) is 0 Å². The monoisotopic (exact) mass is 1340 g/mol. The zero-order chi connectivity index (χ0) is 65.9. The van der Waals surface area contributed by atoms with E-state index in [1.165, 1.54) is 44.2 Å². The summed E-state index contributed by atoms with van der Waals surface area (Å²) >= 11 is 0. The van der Waals surface area contributed by atoms with Gasteiger partial charge in [0, 0.05) is 5.39 Å². The molecule has 3 aromatic carbocycles. The van der Waals surface area contributed by atoms with Gasteiger partial charge in [0.1, 0.15) is 145 Å². The minimum absolute atomic E-state index is 0.0859. The van der Waals surface area contributed by atoms with Crippen LogP contribution in [-0.2, 0) is 85.4 Å². The summed E-state index contributed by atoms with van der Waals surface area (Å²) in [5.41, 5.74) is 1.11. The van der Waals surface area contributed by atoms with Crippen LogP contribution in [0.5, 0.6) is 0 Å². The van der Waals surface area contributed by atoms with E-state index in [2.05, 4.69) is 0 Å². The third kappa shape index (κ3) is 14.0. The summed E-state index contributed by atoms with van der Waals surface area (Å²) in [5.74, 6) is 0. The molecule has 512 valence electrons. The van der Waals surface area contributed by atoms with Gasteiger partial charge in [-0.1, -0.05) is 54.1 Å². The topological polar surface area (TPSA) is 521 Å². The Bertz CT molecular complexity index is 3130. The van der Waals surface area contributed by atoms with Crippen molar-refractivity contribution in [3.05, 3.63) is 71.3 Å². The van der Waals surface area contributed by atoms with Gasteiger partial charge in [-0.2, -0.15) is 16.8 Å². The molecule has 30 atom stereocenters. The Morgan fingerprint density at radius 3 is 1.05 bits per heavy atom. The fourth-order valence-corrected chi connectivity index (χ4v) is 15.0. The van der Waals surface area contributed by atoms with Gasteiger partial charge in [-0.3, -0.25) is 8.37 Å². The van der Waals surface area contributed by atoms with Gasteiger partial charge in [-0.15, -0.1) is 0 Å². The molecule has 36 heteroatoms. The second-order valence-corrected chi connectivity index (χ2v) is 26.2. The molecule has 0 saturated carbocycles. The highest BCUT2D eigenvalue weighted by molar-refractivity contribution is 7.87. The van der Waals surface area contributed by atoms with Crippen LogP contribution in [0.15, 0.2) is 64.4 Å². The molecule has 0 aromatic heterocycles. The molecule has 0 aliphatic carbocycles. The summed E-state index contributed by atoms with van der Waals surface area (Å²) < 4.78 is 140. The molecular formula is C55H76O34S2. The Hall–Kier alpha value is -3.38. The van der Waals surface area contributed by atoms with E-state index in [4.69, 9.17) is 65.2 Å². The average Bonchev–Trinajstić information content (AvgIpc) is 1.21. The van der Waals surface area contributed by atoms with Gasteiger partial charge in [0.25, 0.3) is 20.2 Å². The molecule has 3 aromatic rings. The first-order chi connectivity index (χ1) is 43.2. The van der Waals surface area contributed by atoms with Gasteiger partial charge in [0.15, 0.2) is 43.8 Å². The van der Waals surface area contributed by atoms with Crippen LogP contribution in [0.2, 0.25) is 0 Å². The lowest BCUT2D eigenvalue weighted by Crippen LogP contribution is -2.69. The van der Waals surface area contributed by atoms with Crippen LogP contribution in [0.4, 0.5) is 0 Å². The minimum Gasteiger partial charge on any atom is -0.394 e. The highest BCUT2D eigenvalue weighted by Gasteiger charge is 2.60. The van der Waals surface area contributed by atoms with Crippen molar-refractivity contribution in [3.63, 3.8) is 0 Å². The van der Waals surface area contributed by atoms with Gasteiger partial charge < -0.3 is 139 Å². The summed E-state index contributed by atoms with van der Waals surface area (Å²) in [4.78, 5) is -0.823. The van der Waals surface area contributed by atoms with Crippen LogP contribution >= 0.6 is 0 Å². The maximum Gasteiger partial charge on any atom is 0.298 e. The number of aryl methyl sites for hydroxylation is 3. The molecule has 0 radical (unpaired) electrons. The molecule has 12 bridgehead atoms. The van der Waals surface area contributed by atoms with E-state index in [9.17, 15) is 98.5 Å². The highest BCUT2D eigenvalue weighted by Crippen LogP contribution is 2.40. The second-order valence-electron chi connectivity index (χ2n) is 23.1. The Kier molecular flexibility index (Phi) is 22.2. The number of rotatable bonds is 12. The molecule has 16 N–H and O–H groups in total. The number of hydrogen-bond donors (Lipinski definition) is 16. The molecule has 22 saturated heterocycles. The van der Waals surface area contributed by atoms with Crippen LogP contribution in [0.25, 0.3) is 10.8 Å². The van der Waals surface area contributed by atoms with Gasteiger partial charge >= 0.3 is 0 Å². The van der Waals surface area contributed by atoms with Crippen LogP contribution in [-0.4, -0.2) is 322 Å². The molecule has 34 nitrogen and oxygen atoms in total. The molecule has 0 amide bonds. The summed E-state index contributed by atoms with van der Waals surface area (Å²) in [5, 5.41) is 182. The third-order valence-corrected chi connectivity index (χ3v) is 19.9. The quantitative estimate of drug-likeness (QED) is 0.0749. The second kappa shape index (κ2) is 28.7. The van der Waals surface area contributed by atoms with E-state index in [-0.39, 0.29) is 21.4 Å². The van der Waals surface area contributed by atoms with Crippen molar-refractivity contribution in [3.8, 4) is 0 Å². The van der Waals surface area contributed by atoms with Gasteiger partial charge in [-0.05, 0) is 43.4 Å². The summed E-state index contributed by atoms with van der Waals surface area (Å²) in [6.45, 7) is -2.10. The number of fused-ring (bicyclic) bond motifs is 1. The summed E-state index contributed by atoms with van der Waals surface area (Å²) in [7, 11) is -10.1. The van der Waals surface area contributed by atoms with E-state index in [1.54, 1.807) is 25.1 Å². The molecule has 91 heavy (non-hydrogen) atoms. The Morgan fingerprint density at radius 1 is 0.374 bits per heavy atom. The normalized spacial score (nSPS) is 43.8. The van der Waals surface area contributed by atoms with Crippen molar-refractivity contribution in [2.45, 2.75) is 215 Å². The van der Waals surface area contributed by atoms with Crippen LogP contribution in [0, 0.1) is 20.8 Å². The molecule has 22 fully saturated rings. The van der Waals surface area contributed by atoms with E-state index < -0.39 is 249 Å². The Morgan fingerprint density at radius 2 is 0.692 bits per heavy atom. The number of aliphatic hydroxyl groups is 16. The molecule has 0 unspecified atom stereocenters. The van der Waals surface area contributed by atoms with Crippen LogP contribution in [0.3, 0.4) is 0 Å². The zero-order valence-electron chi connectivity index (χ0n) is 48.6. The number of hydrogen-bond acceptors (Lipinski definition) is 34. The molecule has 22 aliphatic rings. The van der Waals surface area contributed by atoms with Crippen molar-refractivity contribution in [1.82, 2.24) is 0 Å². The van der Waals surface area contributed by atoms with Crippen molar-refractivity contribution in [2.24, 2.45) is 0 Å². The molecule has 22 heterocycles. The fraction of sp³-hybridized carbons (Fsp3) is 0.709. The SMILES string of the molecule is Cc1cc(C)c(S(=O)(=O)OC[C@H]2O[C@@H]3O[C@H]4[C@H](O)[C@@H](O)[C@@H](O[C@H]5[C@H](O)[C@@H](O)[C@@H](O[C@H]6[C@H](O)[C@@H](O)[C@@H](O[C@H]7[C@H](O)[C@@H](O)[C@@H](O[C@H]8[C@H](O)[C@@H](O)[C@@H](O[C@H]2[C@H](O)[C@H]3OS(=O)(=O)c2cccc3ccccc23)O[C@@H]8CO)O[C@@H]7CO)O[C@@H]6CO)O[C@@H]5CO)O[C@@H]4CO)c(C)c1. The molecule has 25 rings (SSSR count). The van der Waals surface area contributed by atoms with Gasteiger partial charge in [-0.25, -0.2) is 0 Å². The Labute approximate surface area is 518 Å². The lowest BCUT2D eigenvalue weighted by molar-refractivity contribution is -0.403. The average molecular weight is 1350 g/mol. The predicted molar refractivity (Wildman–Crippen MR) is 293 cm³/mol. The predicted octanol–water partition coefficient (Wildman–Crippen LogP) is -8.15. The number of benzene rings is 3. The highest BCUT2D eigenvalue weighted by atomic mass is 32.2. The molecule has 0 spiro atoms. The zero-order valence-corrected chi connectivity index (χ0v) is 50.2. The first kappa shape index (κ1) is 70.4. The molecule has 22 aliphatic heterocycles. The van der Waals surface area contributed by atoms with Crippen molar-refractivity contribution in [2.75, 3.05) is 39.6 Å². The third-order valence-electron chi connectivity index (χ3n) is 17.0. The largest absolute Gasteiger partial charge is 0.394 e. The van der Waals surface area contributed by atoms with Gasteiger partial charge in [0.05, 0.1) is 44.5 Å². The van der Waals surface area contributed by atoms with Crippen LogP contribution in [0.1, 0.15) is 16.7 Å².